The van der Waals surface area contributed by atoms with Crippen LogP contribution in [0.4, 0.5) is 0 Å². The maximum absolute atomic E-state index is 12.8. The van der Waals surface area contributed by atoms with Crippen LogP contribution < -0.4 is 19.5 Å². The molecular formula is C23H24N2O4. The molecule has 0 spiro atoms. The normalized spacial score (nSPS) is 10.5. The van der Waals surface area contributed by atoms with E-state index < -0.39 is 0 Å². The molecule has 6 heteroatoms. The van der Waals surface area contributed by atoms with E-state index in [1.165, 1.54) is 0 Å². The Morgan fingerprint density at radius 3 is 2.28 bits per heavy atom. The highest BCUT2D eigenvalue weighted by Gasteiger charge is 2.18. The van der Waals surface area contributed by atoms with Crippen molar-refractivity contribution in [2.24, 2.45) is 0 Å². The summed E-state index contributed by atoms with van der Waals surface area (Å²) in [6.45, 7) is 6.12. The average Bonchev–Trinajstić information content (AvgIpc) is 2.75. The Kier molecular flexibility index (Phi) is 6.02. The Hall–Kier alpha value is -3.54. The van der Waals surface area contributed by atoms with Crippen molar-refractivity contribution >= 4 is 16.8 Å². The molecule has 1 heterocycles. The highest BCUT2D eigenvalue weighted by atomic mass is 16.5. The number of benzene rings is 2. The van der Waals surface area contributed by atoms with Gasteiger partial charge in [0.05, 0.1) is 38.1 Å². The summed E-state index contributed by atoms with van der Waals surface area (Å²) in [6, 6.07) is 12.9. The number of nitrogens with one attached hydrogen (secondary N) is 1. The van der Waals surface area contributed by atoms with Gasteiger partial charge in [0.15, 0.2) is 11.5 Å². The van der Waals surface area contributed by atoms with E-state index in [4.69, 9.17) is 19.2 Å². The van der Waals surface area contributed by atoms with Crippen molar-refractivity contribution in [3.63, 3.8) is 0 Å². The maximum atomic E-state index is 12.8. The van der Waals surface area contributed by atoms with Crippen molar-refractivity contribution in [2.45, 2.75) is 6.92 Å². The predicted molar refractivity (Wildman–Crippen MR) is 114 cm³/mol. The van der Waals surface area contributed by atoms with Gasteiger partial charge in [-0.2, -0.15) is 0 Å². The third kappa shape index (κ3) is 4.16. The van der Waals surface area contributed by atoms with Gasteiger partial charge in [-0.1, -0.05) is 30.4 Å². The molecule has 0 unspecified atom stereocenters. The van der Waals surface area contributed by atoms with E-state index in [0.717, 1.165) is 22.0 Å². The summed E-state index contributed by atoms with van der Waals surface area (Å²) in [5.74, 6) is 1.36. The zero-order valence-corrected chi connectivity index (χ0v) is 17.0. The van der Waals surface area contributed by atoms with E-state index in [1.807, 2.05) is 43.3 Å². The molecule has 6 nitrogen and oxygen atoms in total. The first-order valence-corrected chi connectivity index (χ1v) is 9.11. The first-order chi connectivity index (χ1) is 14.0. The Balaban J connectivity index is 2.18. The van der Waals surface area contributed by atoms with Crippen molar-refractivity contribution in [3.05, 3.63) is 60.2 Å². The van der Waals surface area contributed by atoms with Crippen molar-refractivity contribution in [1.82, 2.24) is 10.3 Å². The molecule has 0 radical (unpaired) electrons. The van der Waals surface area contributed by atoms with E-state index in [0.29, 0.717) is 35.1 Å². The molecule has 3 rings (SSSR count). The minimum absolute atomic E-state index is 0.180. The van der Waals surface area contributed by atoms with Crippen molar-refractivity contribution in [1.29, 1.82) is 0 Å². The molecule has 0 saturated heterocycles. The molecule has 1 aromatic heterocycles. The summed E-state index contributed by atoms with van der Waals surface area (Å²) in [6.07, 6.45) is 0. The zero-order chi connectivity index (χ0) is 21.0. The van der Waals surface area contributed by atoms with Gasteiger partial charge in [-0.25, -0.2) is 4.98 Å². The quantitative estimate of drug-likeness (QED) is 0.609. The summed E-state index contributed by atoms with van der Waals surface area (Å²) < 4.78 is 16.3. The van der Waals surface area contributed by atoms with Crippen LogP contribution in [0.2, 0.25) is 0 Å². The number of nitrogens with zero attached hydrogens (tertiary/aromatic N) is 1. The van der Waals surface area contributed by atoms with Crippen LogP contribution in [0.25, 0.3) is 22.2 Å². The van der Waals surface area contributed by atoms with Crippen LogP contribution in [0.3, 0.4) is 0 Å². The van der Waals surface area contributed by atoms with Crippen LogP contribution in [-0.4, -0.2) is 38.8 Å². The molecule has 1 amide bonds. The molecule has 0 aliphatic heterocycles. The number of amides is 1. The molecule has 29 heavy (non-hydrogen) atoms. The minimum Gasteiger partial charge on any atom is -0.493 e. The molecule has 1 N–H and O–H groups in total. The van der Waals surface area contributed by atoms with Crippen LogP contribution >= 0.6 is 0 Å². The zero-order valence-electron chi connectivity index (χ0n) is 17.0. The lowest BCUT2D eigenvalue weighted by atomic mass is 10.0. The third-order valence-corrected chi connectivity index (χ3v) is 4.47. The number of carbonyl (C=O) groups is 1. The largest absolute Gasteiger partial charge is 0.493 e. The molecule has 0 bridgehead atoms. The Bertz CT molecular complexity index is 1050. The molecule has 150 valence electrons. The van der Waals surface area contributed by atoms with Gasteiger partial charge < -0.3 is 19.5 Å². The summed E-state index contributed by atoms with van der Waals surface area (Å²) >= 11 is 0. The van der Waals surface area contributed by atoms with Crippen LogP contribution in [0.1, 0.15) is 17.3 Å². The van der Waals surface area contributed by atoms with Crippen molar-refractivity contribution < 1.29 is 19.0 Å². The lowest BCUT2D eigenvalue weighted by Crippen LogP contribution is -2.25. The Morgan fingerprint density at radius 2 is 1.69 bits per heavy atom. The number of para-hydroxylation sites is 1. The molecule has 0 fully saturated rings. The van der Waals surface area contributed by atoms with Gasteiger partial charge >= 0.3 is 0 Å². The highest BCUT2D eigenvalue weighted by Crippen LogP contribution is 2.41. The van der Waals surface area contributed by atoms with Gasteiger partial charge in [0, 0.05) is 17.5 Å². The highest BCUT2D eigenvalue weighted by molar-refractivity contribution is 6.07. The lowest BCUT2D eigenvalue weighted by molar-refractivity contribution is 0.0958. The van der Waals surface area contributed by atoms with Crippen molar-refractivity contribution in [2.75, 3.05) is 27.9 Å². The molecule has 0 atom stereocenters. The molecule has 0 aliphatic rings. The summed E-state index contributed by atoms with van der Waals surface area (Å²) in [5, 5.41) is 3.68. The molecular weight excluding hydrogens is 368 g/mol. The second kappa shape index (κ2) is 8.65. The summed E-state index contributed by atoms with van der Waals surface area (Å²) in [4.78, 5) is 17.6. The van der Waals surface area contributed by atoms with E-state index in [9.17, 15) is 4.79 Å². The van der Waals surface area contributed by atoms with E-state index >= 15 is 0 Å². The van der Waals surface area contributed by atoms with Gasteiger partial charge in [0.2, 0.25) is 5.75 Å². The summed E-state index contributed by atoms with van der Waals surface area (Å²) in [5.41, 5.74) is 3.52. The third-order valence-electron chi connectivity index (χ3n) is 4.47. The van der Waals surface area contributed by atoms with Crippen LogP contribution in [0, 0.1) is 0 Å². The number of fused-ring (bicyclic) bond motifs is 1. The minimum atomic E-state index is -0.180. The van der Waals surface area contributed by atoms with Gasteiger partial charge in [-0.15, -0.1) is 0 Å². The van der Waals surface area contributed by atoms with Gasteiger partial charge in [0.25, 0.3) is 5.91 Å². The number of aromatic nitrogens is 1. The van der Waals surface area contributed by atoms with E-state index in [1.54, 1.807) is 27.4 Å². The van der Waals surface area contributed by atoms with E-state index in [2.05, 4.69) is 11.9 Å². The fraction of sp³-hybridized carbons (Fsp3) is 0.217. The Labute approximate surface area is 170 Å². The van der Waals surface area contributed by atoms with Crippen LogP contribution in [-0.2, 0) is 0 Å². The SMILES string of the molecule is C=C(C)CNC(=O)c1cc(-c2cc(OC)c(OC)c(OC)c2)nc2ccccc12. The number of methoxy groups -OCH3 is 3. The molecule has 3 aromatic rings. The number of ether oxygens (including phenoxy) is 3. The summed E-state index contributed by atoms with van der Waals surface area (Å²) in [7, 11) is 4.68. The fourth-order valence-electron chi connectivity index (χ4n) is 3.07. The van der Waals surface area contributed by atoms with Gasteiger partial charge in [-0.3, -0.25) is 4.79 Å². The first-order valence-electron chi connectivity index (χ1n) is 9.11. The fourth-order valence-corrected chi connectivity index (χ4v) is 3.07. The number of hydrogen-bond donors (Lipinski definition) is 1. The Morgan fingerprint density at radius 1 is 1.03 bits per heavy atom. The second-order valence-electron chi connectivity index (χ2n) is 6.63. The molecule has 0 aliphatic carbocycles. The maximum Gasteiger partial charge on any atom is 0.252 e. The molecule has 2 aromatic carbocycles. The number of carbonyl (C=O) groups excluding carboxylic acids is 1. The first kappa shape index (κ1) is 20.2. The smallest absolute Gasteiger partial charge is 0.252 e. The number of hydrogen-bond acceptors (Lipinski definition) is 5. The van der Waals surface area contributed by atoms with E-state index in [-0.39, 0.29) is 5.91 Å². The topological polar surface area (TPSA) is 69.7 Å². The van der Waals surface area contributed by atoms with Gasteiger partial charge in [-0.05, 0) is 31.2 Å². The number of pyridine rings is 1. The average molecular weight is 392 g/mol. The molecule has 0 saturated carbocycles. The van der Waals surface area contributed by atoms with Crippen LogP contribution in [0.5, 0.6) is 17.2 Å². The second-order valence-corrected chi connectivity index (χ2v) is 6.63. The predicted octanol–water partition coefficient (Wildman–Crippen LogP) is 4.23. The van der Waals surface area contributed by atoms with Crippen molar-refractivity contribution in [3.8, 4) is 28.5 Å². The van der Waals surface area contributed by atoms with Crippen LogP contribution in [0.15, 0.2) is 54.6 Å². The monoisotopic (exact) mass is 392 g/mol. The van der Waals surface area contributed by atoms with Gasteiger partial charge in [0.1, 0.15) is 0 Å². The number of rotatable bonds is 7. The lowest BCUT2D eigenvalue weighted by Gasteiger charge is -2.15. The standard InChI is InChI=1S/C23H24N2O4/c1-14(2)13-24-23(26)17-12-19(25-18-9-7-6-8-16(17)18)15-10-20(27-3)22(29-5)21(11-15)28-4/h6-12H,1,13H2,2-5H3,(H,24,26).